The predicted octanol–water partition coefficient (Wildman–Crippen LogP) is 5.62. The van der Waals surface area contributed by atoms with Crippen LogP contribution < -0.4 is 20.2 Å². The van der Waals surface area contributed by atoms with E-state index in [1.807, 2.05) is 38.1 Å². The summed E-state index contributed by atoms with van der Waals surface area (Å²) < 4.78 is 21.4. The number of rotatable bonds is 11. The number of carbonyl (C=O) groups excluding carboxylic acids is 1. The molecule has 2 aliphatic rings. The van der Waals surface area contributed by atoms with Gasteiger partial charge in [0.15, 0.2) is 0 Å². The molecule has 1 aromatic heterocycles. The van der Waals surface area contributed by atoms with Gasteiger partial charge in [0.05, 0.1) is 23.4 Å². The number of isocyanates is 1. The molecule has 11 nitrogen and oxygen atoms in total. The molecule has 246 valence electrons. The molecule has 0 unspecified atom stereocenters. The van der Waals surface area contributed by atoms with Crippen molar-refractivity contribution in [3.63, 3.8) is 0 Å². The molecule has 0 N–H and O–H groups in total. The van der Waals surface area contributed by atoms with Crippen molar-refractivity contribution >= 4 is 40.7 Å². The van der Waals surface area contributed by atoms with Crippen LogP contribution in [0.1, 0.15) is 31.9 Å². The number of benzene rings is 3. The van der Waals surface area contributed by atoms with E-state index in [9.17, 15) is 9.59 Å². The Balaban J connectivity index is 1.01. The molecule has 47 heavy (non-hydrogen) atoms. The summed E-state index contributed by atoms with van der Waals surface area (Å²) in [6.07, 6.45) is 3.57. The van der Waals surface area contributed by atoms with E-state index in [1.165, 1.54) is 4.68 Å². The topological polar surface area (TPSA) is 103 Å². The van der Waals surface area contributed by atoms with Crippen LogP contribution in [0.5, 0.6) is 5.75 Å². The van der Waals surface area contributed by atoms with Crippen LogP contribution >= 0.6 is 23.2 Å². The number of halogens is 2. The molecule has 2 fully saturated rings. The highest BCUT2D eigenvalue weighted by atomic mass is 35.5. The molecule has 2 saturated heterocycles. The molecule has 0 aliphatic carbocycles. The third kappa shape index (κ3) is 7.10. The molecule has 3 heterocycles. The zero-order valence-corrected chi connectivity index (χ0v) is 27.7. The fourth-order valence-corrected chi connectivity index (χ4v) is 6.40. The summed E-state index contributed by atoms with van der Waals surface area (Å²) in [5.74, 6) is -0.615. The minimum absolute atomic E-state index is 0.0593. The average molecular weight is 680 g/mol. The summed E-state index contributed by atoms with van der Waals surface area (Å²) in [7, 11) is 0. The van der Waals surface area contributed by atoms with Crippen molar-refractivity contribution in [2.45, 2.75) is 38.2 Å². The number of nitrogens with zero attached hydrogens (tertiary/aromatic N) is 6. The molecular formula is C34H36Cl2N6O5. The second-order valence-electron chi connectivity index (χ2n) is 11.6. The van der Waals surface area contributed by atoms with Crippen LogP contribution in [0.15, 0.2) is 82.8 Å². The summed E-state index contributed by atoms with van der Waals surface area (Å²) in [5, 5.41) is 5.12. The van der Waals surface area contributed by atoms with Gasteiger partial charge in [-0.05, 0) is 74.0 Å². The fourth-order valence-electron chi connectivity index (χ4n) is 5.85. The number of hydrogen-bond acceptors (Lipinski definition) is 9. The summed E-state index contributed by atoms with van der Waals surface area (Å²) in [6, 6.07) is 21.1. The maximum absolute atomic E-state index is 12.8. The van der Waals surface area contributed by atoms with Gasteiger partial charge in [-0.1, -0.05) is 36.2 Å². The first-order valence-corrected chi connectivity index (χ1v) is 16.4. The number of aromatic nitrogens is 3. The molecule has 3 aromatic carbocycles. The summed E-state index contributed by atoms with van der Waals surface area (Å²) in [5.41, 5.74) is 3.46. The van der Waals surface area contributed by atoms with E-state index in [4.69, 9.17) is 37.4 Å². The maximum atomic E-state index is 12.8. The monoisotopic (exact) mass is 678 g/mol. The Labute approximate surface area is 282 Å². The van der Waals surface area contributed by atoms with E-state index in [2.05, 4.69) is 44.2 Å². The van der Waals surface area contributed by atoms with E-state index >= 15 is 0 Å². The van der Waals surface area contributed by atoms with Crippen molar-refractivity contribution in [3.05, 3.63) is 99.2 Å². The fraction of sp³-hybridized carbons (Fsp3) is 0.382. The molecule has 6 rings (SSSR count). The lowest BCUT2D eigenvalue weighted by atomic mass is 10.1. The van der Waals surface area contributed by atoms with Gasteiger partial charge < -0.3 is 24.0 Å². The number of piperazine rings is 1. The van der Waals surface area contributed by atoms with Gasteiger partial charge >= 0.3 is 5.69 Å². The Kier molecular flexibility index (Phi) is 10.0. The Morgan fingerprint density at radius 2 is 1.64 bits per heavy atom. The SMILES string of the molecule is CC[C@H](C)n1ncn(-c2ccc(N3CCN(c4ccc(OC[C@H]5CO[C@](CN=C=O)(c6ccc(Cl)cc6Cl)O5)cc4)CC3)cc2)c1=O. The molecular weight excluding hydrogens is 643 g/mol. The van der Waals surface area contributed by atoms with Crippen LogP contribution in [0.25, 0.3) is 5.69 Å². The molecule has 3 atom stereocenters. The quantitative estimate of drug-likeness (QED) is 0.149. The molecule has 2 aliphatic heterocycles. The number of aliphatic imine (C=N–C) groups is 1. The Hall–Kier alpha value is -4.12. The molecule has 0 saturated carbocycles. The van der Waals surface area contributed by atoms with Crippen LogP contribution in [-0.4, -0.2) is 72.5 Å². The van der Waals surface area contributed by atoms with E-state index in [-0.39, 0.29) is 31.5 Å². The van der Waals surface area contributed by atoms with Crippen molar-refractivity contribution in [3.8, 4) is 11.4 Å². The normalized spacial score (nSPS) is 20.2. The predicted molar refractivity (Wildman–Crippen MR) is 181 cm³/mol. The number of ether oxygens (including phenoxy) is 3. The zero-order chi connectivity index (χ0) is 33.0. The van der Waals surface area contributed by atoms with Crippen LogP contribution in [0.3, 0.4) is 0 Å². The molecule has 0 bridgehead atoms. The van der Waals surface area contributed by atoms with Gasteiger partial charge in [-0.2, -0.15) is 10.1 Å². The Morgan fingerprint density at radius 1 is 1.00 bits per heavy atom. The lowest BCUT2D eigenvalue weighted by molar-refractivity contribution is -0.170. The Bertz CT molecular complexity index is 1780. The van der Waals surface area contributed by atoms with Crippen LogP contribution in [0, 0.1) is 0 Å². The highest BCUT2D eigenvalue weighted by molar-refractivity contribution is 6.35. The molecule has 13 heteroatoms. The minimum atomic E-state index is -1.32. The lowest BCUT2D eigenvalue weighted by Gasteiger charge is -2.37. The molecule has 0 spiro atoms. The second-order valence-corrected chi connectivity index (χ2v) is 12.5. The van der Waals surface area contributed by atoms with Crippen molar-refractivity contribution in [1.82, 2.24) is 14.3 Å². The highest BCUT2D eigenvalue weighted by Gasteiger charge is 2.45. The Morgan fingerprint density at radius 3 is 2.26 bits per heavy atom. The summed E-state index contributed by atoms with van der Waals surface area (Å²) in [4.78, 5) is 32.1. The van der Waals surface area contributed by atoms with Crippen LogP contribution in [-0.2, 0) is 20.1 Å². The van der Waals surface area contributed by atoms with Gasteiger partial charge in [0, 0.05) is 48.1 Å². The van der Waals surface area contributed by atoms with Crippen LogP contribution in [0.2, 0.25) is 10.0 Å². The van der Waals surface area contributed by atoms with E-state index in [1.54, 1.807) is 35.2 Å². The first-order valence-electron chi connectivity index (χ1n) is 15.6. The first-order chi connectivity index (χ1) is 22.8. The number of anilines is 2. The van der Waals surface area contributed by atoms with Gasteiger partial charge in [-0.3, -0.25) is 0 Å². The average Bonchev–Trinajstić information content (AvgIpc) is 3.70. The third-order valence-corrected chi connectivity index (χ3v) is 9.21. The molecule has 4 aromatic rings. The lowest BCUT2D eigenvalue weighted by Crippen LogP contribution is -2.46. The summed E-state index contributed by atoms with van der Waals surface area (Å²) >= 11 is 12.5. The van der Waals surface area contributed by atoms with E-state index in [0.29, 0.717) is 21.4 Å². The van der Waals surface area contributed by atoms with Crippen molar-refractivity contribution in [1.29, 1.82) is 0 Å². The zero-order valence-electron chi connectivity index (χ0n) is 26.2. The second kappa shape index (κ2) is 14.3. The van der Waals surface area contributed by atoms with Gasteiger partial charge in [0.25, 0.3) is 0 Å². The molecule has 0 amide bonds. The van der Waals surface area contributed by atoms with Crippen LogP contribution in [0.4, 0.5) is 11.4 Å². The highest BCUT2D eigenvalue weighted by Crippen LogP contribution is 2.39. The van der Waals surface area contributed by atoms with Gasteiger partial charge in [0.2, 0.25) is 11.9 Å². The van der Waals surface area contributed by atoms with Crippen molar-refractivity contribution in [2.75, 3.05) is 55.7 Å². The van der Waals surface area contributed by atoms with Crippen molar-refractivity contribution < 1.29 is 19.0 Å². The van der Waals surface area contributed by atoms with E-state index in [0.717, 1.165) is 49.7 Å². The molecule has 0 radical (unpaired) electrons. The maximum Gasteiger partial charge on any atom is 0.350 e. The van der Waals surface area contributed by atoms with Crippen molar-refractivity contribution in [2.24, 2.45) is 4.99 Å². The smallest absolute Gasteiger partial charge is 0.350 e. The van der Waals surface area contributed by atoms with E-state index < -0.39 is 11.9 Å². The standard InChI is InChI=1S/C34H36Cl2N6O5/c1-3-24(2)42-33(44)41(22-38-42)28-7-5-26(6-8-28)39-14-16-40(17-15-39)27-9-11-29(12-10-27)45-19-30-20-46-34(47-30,21-37-23-43)31-13-4-25(35)18-32(31)36/h4-13,18,22,24,30H,3,14-17,19-21H2,1-2H3/t24-,30-,34-/m0/s1. The van der Waals surface area contributed by atoms with Gasteiger partial charge in [-0.15, -0.1) is 0 Å². The van der Waals surface area contributed by atoms with Gasteiger partial charge in [-0.25, -0.2) is 18.8 Å². The largest absolute Gasteiger partial charge is 0.491 e. The van der Waals surface area contributed by atoms with Gasteiger partial charge in [0.1, 0.15) is 31.3 Å². The number of hydrogen-bond donors (Lipinski definition) is 0. The third-order valence-electron chi connectivity index (χ3n) is 8.67. The first kappa shape index (κ1) is 32.8. The minimum Gasteiger partial charge on any atom is -0.491 e. The summed E-state index contributed by atoms with van der Waals surface area (Å²) in [6.45, 7) is 7.90.